The normalized spacial score (nSPS) is 12.8. The average Bonchev–Trinajstić information content (AvgIpc) is 2.81. The molecule has 4 heteroatoms. The number of carbonyl (C=O) groups excluding carboxylic acids is 1. The van der Waals surface area contributed by atoms with Crippen LogP contribution in [0.1, 0.15) is 21.6 Å². The van der Waals surface area contributed by atoms with Gasteiger partial charge in [0.1, 0.15) is 5.75 Å². The number of hydrogen-bond donors (Lipinski definition) is 0. The summed E-state index contributed by atoms with van der Waals surface area (Å²) in [5.41, 5.74) is 3.93. The Balaban J connectivity index is 2.17. The standard InChI is InChI=1S/C13H12N2O2/c1-17-11-3-5-12-9(6-11)2-4-13-10(8-16)7-14-15(12)13/h3,5-8H,2,4H2,1H3. The van der Waals surface area contributed by atoms with E-state index in [1.54, 1.807) is 13.3 Å². The summed E-state index contributed by atoms with van der Waals surface area (Å²) in [5.74, 6) is 0.856. The van der Waals surface area contributed by atoms with Gasteiger partial charge in [-0.3, -0.25) is 4.79 Å². The van der Waals surface area contributed by atoms with Crippen molar-refractivity contribution in [2.45, 2.75) is 12.8 Å². The predicted octanol–water partition coefficient (Wildman–Crippen LogP) is 1.79. The zero-order chi connectivity index (χ0) is 11.8. The lowest BCUT2D eigenvalue weighted by Crippen LogP contribution is -2.13. The number of benzene rings is 1. The molecule has 1 aromatic carbocycles. The number of carbonyl (C=O) groups is 1. The fraction of sp³-hybridized carbons (Fsp3) is 0.231. The molecular weight excluding hydrogens is 216 g/mol. The van der Waals surface area contributed by atoms with E-state index < -0.39 is 0 Å². The largest absolute Gasteiger partial charge is 0.497 e. The maximum Gasteiger partial charge on any atom is 0.153 e. The van der Waals surface area contributed by atoms with Crippen molar-refractivity contribution in [3.63, 3.8) is 0 Å². The Morgan fingerprint density at radius 3 is 3.06 bits per heavy atom. The van der Waals surface area contributed by atoms with Gasteiger partial charge in [0.2, 0.25) is 0 Å². The highest BCUT2D eigenvalue weighted by Gasteiger charge is 2.19. The predicted molar refractivity (Wildman–Crippen MR) is 62.9 cm³/mol. The molecule has 0 atom stereocenters. The van der Waals surface area contributed by atoms with Crippen LogP contribution >= 0.6 is 0 Å². The Bertz CT molecular complexity index is 587. The molecule has 2 aromatic rings. The second kappa shape index (κ2) is 3.73. The number of fused-ring (bicyclic) bond motifs is 3. The molecule has 1 aliphatic heterocycles. The van der Waals surface area contributed by atoms with Gasteiger partial charge in [0.15, 0.2) is 6.29 Å². The van der Waals surface area contributed by atoms with E-state index in [2.05, 4.69) is 5.10 Å². The van der Waals surface area contributed by atoms with E-state index in [1.807, 2.05) is 22.9 Å². The number of methoxy groups -OCH3 is 1. The van der Waals surface area contributed by atoms with Gasteiger partial charge in [-0.05, 0) is 36.6 Å². The topological polar surface area (TPSA) is 44.1 Å². The van der Waals surface area contributed by atoms with Gasteiger partial charge in [-0.25, -0.2) is 4.68 Å². The molecule has 0 saturated heterocycles. The molecule has 0 spiro atoms. The first kappa shape index (κ1) is 10.1. The fourth-order valence-corrected chi connectivity index (χ4v) is 2.29. The second-order valence-corrected chi connectivity index (χ2v) is 4.07. The van der Waals surface area contributed by atoms with Gasteiger partial charge in [0, 0.05) is 0 Å². The Morgan fingerprint density at radius 1 is 1.41 bits per heavy atom. The number of aromatic nitrogens is 2. The van der Waals surface area contributed by atoms with Crippen LogP contribution in [0.2, 0.25) is 0 Å². The lowest BCUT2D eigenvalue weighted by atomic mass is 10.00. The highest BCUT2D eigenvalue weighted by atomic mass is 16.5. The highest BCUT2D eigenvalue weighted by Crippen LogP contribution is 2.28. The van der Waals surface area contributed by atoms with Crippen LogP contribution in [0.5, 0.6) is 5.75 Å². The van der Waals surface area contributed by atoms with Crippen LogP contribution in [-0.2, 0) is 12.8 Å². The number of aryl methyl sites for hydroxylation is 1. The first-order chi connectivity index (χ1) is 8.33. The first-order valence-electron chi connectivity index (χ1n) is 5.53. The third kappa shape index (κ3) is 1.45. The van der Waals surface area contributed by atoms with Crippen molar-refractivity contribution < 1.29 is 9.53 Å². The lowest BCUT2D eigenvalue weighted by Gasteiger charge is -2.19. The number of hydrogen-bond acceptors (Lipinski definition) is 3. The maximum absolute atomic E-state index is 10.9. The Kier molecular flexibility index (Phi) is 2.21. The summed E-state index contributed by atoms with van der Waals surface area (Å²) < 4.78 is 7.06. The third-order valence-corrected chi connectivity index (χ3v) is 3.17. The van der Waals surface area contributed by atoms with Gasteiger partial charge >= 0.3 is 0 Å². The summed E-state index contributed by atoms with van der Waals surface area (Å²) in [6.07, 6.45) is 4.25. The quantitative estimate of drug-likeness (QED) is 0.736. The van der Waals surface area contributed by atoms with Gasteiger partial charge in [-0.1, -0.05) is 0 Å². The van der Waals surface area contributed by atoms with Gasteiger partial charge in [-0.15, -0.1) is 0 Å². The summed E-state index contributed by atoms with van der Waals surface area (Å²) in [4.78, 5) is 10.9. The zero-order valence-corrected chi connectivity index (χ0v) is 9.51. The minimum atomic E-state index is 0.687. The molecule has 4 nitrogen and oxygen atoms in total. The Labute approximate surface area is 98.8 Å². The van der Waals surface area contributed by atoms with Crippen molar-refractivity contribution in [3.8, 4) is 11.4 Å². The van der Waals surface area contributed by atoms with E-state index in [1.165, 1.54) is 5.56 Å². The Hall–Kier alpha value is -2.10. The molecule has 0 N–H and O–H groups in total. The zero-order valence-electron chi connectivity index (χ0n) is 9.51. The summed E-state index contributed by atoms with van der Waals surface area (Å²) in [6.45, 7) is 0. The third-order valence-electron chi connectivity index (χ3n) is 3.17. The van der Waals surface area contributed by atoms with E-state index in [-0.39, 0.29) is 0 Å². The molecule has 3 rings (SSSR count). The van der Waals surface area contributed by atoms with Crippen LogP contribution in [-0.4, -0.2) is 23.2 Å². The molecular formula is C13H12N2O2. The van der Waals surface area contributed by atoms with Crippen LogP contribution in [0, 0.1) is 0 Å². The van der Waals surface area contributed by atoms with Crippen molar-refractivity contribution in [3.05, 3.63) is 41.2 Å². The van der Waals surface area contributed by atoms with Crippen molar-refractivity contribution in [1.82, 2.24) is 9.78 Å². The van der Waals surface area contributed by atoms with Crippen molar-refractivity contribution >= 4 is 6.29 Å². The van der Waals surface area contributed by atoms with Gasteiger partial charge < -0.3 is 4.74 Å². The molecule has 0 radical (unpaired) electrons. The first-order valence-corrected chi connectivity index (χ1v) is 5.53. The highest BCUT2D eigenvalue weighted by molar-refractivity contribution is 5.76. The minimum absolute atomic E-state index is 0.687. The molecule has 0 fully saturated rings. The molecule has 1 aliphatic rings. The molecule has 2 heterocycles. The van der Waals surface area contributed by atoms with Crippen molar-refractivity contribution in [2.24, 2.45) is 0 Å². The van der Waals surface area contributed by atoms with E-state index in [4.69, 9.17) is 4.74 Å². The summed E-state index contributed by atoms with van der Waals surface area (Å²) in [6, 6.07) is 5.93. The van der Waals surface area contributed by atoms with Crippen LogP contribution in [0.15, 0.2) is 24.4 Å². The maximum atomic E-state index is 10.9. The molecule has 0 saturated carbocycles. The van der Waals surface area contributed by atoms with Gasteiger partial charge in [0.25, 0.3) is 0 Å². The molecule has 86 valence electrons. The minimum Gasteiger partial charge on any atom is -0.497 e. The van der Waals surface area contributed by atoms with Crippen molar-refractivity contribution in [2.75, 3.05) is 7.11 Å². The van der Waals surface area contributed by atoms with Crippen LogP contribution in [0.25, 0.3) is 5.69 Å². The SMILES string of the molecule is COc1ccc2c(c1)CCc1c(C=O)cnn1-2. The molecule has 0 unspecified atom stereocenters. The fourth-order valence-electron chi connectivity index (χ4n) is 2.29. The van der Waals surface area contributed by atoms with Crippen molar-refractivity contribution in [1.29, 1.82) is 0 Å². The van der Waals surface area contributed by atoms with Crippen LogP contribution in [0.3, 0.4) is 0 Å². The van der Waals surface area contributed by atoms with E-state index in [0.29, 0.717) is 5.56 Å². The Morgan fingerprint density at radius 2 is 2.29 bits per heavy atom. The second-order valence-electron chi connectivity index (χ2n) is 4.07. The summed E-state index contributed by atoms with van der Waals surface area (Å²) in [5, 5.41) is 4.27. The smallest absolute Gasteiger partial charge is 0.153 e. The average molecular weight is 228 g/mol. The monoisotopic (exact) mass is 228 g/mol. The van der Waals surface area contributed by atoms with E-state index >= 15 is 0 Å². The van der Waals surface area contributed by atoms with Crippen LogP contribution < -0.4 is 4.74 Å². The number of aldehydes is 1. The summed E-state index contributed by atoms with van der Waals surface area (Å²) >= 11 is 0. The molecule has 17 heavy (non-hydrogen) atoms. The summed E-state index contributed by atoms with van der Waals surface area (Å²) in [7, 11) is 1.66. The number of nitrogens with zero attached hydrogens (tertiary/aromatic N) is 2. The van der Waals surface area contributed by atoms with Gasteiger partial charge in [0.05, 0.1) is 30.3 Å². The molecule has 0 bridgehead atoms. The molecule has 1 aromatic heterocycles. The molecule has 0 aliphatic carbocycles. The van der Waals surface area contributed by atoms with Crippen LogP contribution in [0.4, 0.5) is 0 Å². The number of rotatable bonds is 2. The molecule has 0 amide bonds. The van der Waals surface area contributed by atoms with Gasteiger partial charge in [-0.2, -0.15) is 5.10 Å². The lowest BCUT2D eigenvalue weighted by molar-refractivity contribution is 0.112. The van der Waals surface area contributed by atoms with E-state index in [0.717, 1.165) is 36.3 Å². The number of ether oxygens (including phenoxy) is 1. The van der Waals surface area contributed by atoms with E-state index in [9.17, 15) is 4.79 Å².